The van der Waals surface area contributed by atoms with E-state index in [2.05, 4.69) is 0 Å². The fourth-order valence-electron chi connectivity index (χ4n) is 2.01. The highest BCUT2D eigenvalue weighted by atomic mass is 32.2. The summed E-state index contributed by atoms with van der Waals surface area (Å²) in [7, 11) is 1.48. The van der Waals surface area contributed by atoms with Crippen LogP contribution in [0, 0.1) is 5.82 Å². The topological polar surface area (TPSA) is 46.5 Å². The first-order chi connectivity index (χ1) is 8.05. The molecule has 0 heterocycles. The number of methoxy groups -OCH3 is 1. The van der Waals surface area contributed by atoms with Gasteiger partial charge >= 0.3 is 5.97 Å². The van der Waals surface area contributed by atoms with Gasteiger partial charge in [-0.15, -0.1) is 11.8 Å². The first-order valence-corrected chi connectivity index (χ1v) is 6.43. The van der Waals surface area contributed by atoms with Crippen LogP contribution in [0.4, 0.5) is 4.39 Å². The zero-order valence-corrected chi connectivity index (χ0v) is 10.4. The molecule has 92 valence electrons. The number of carboxylic acid groups (broad SMARTS) is 1. The summed E-state index contributed by atoms with van der Waals surface area (Å²) in [6.45, 7) is 0. The molecule has 2 rings (SSSR count). The maximum absolute atomic E-state index is 13.5. The molecule has 1 aromatic carbocycles. The van der Waals surface area contributed by atoms with Crippen molar-refractivity contribution in [2.24, 2.45) is 0 Å². The third-order valence-electron chi connectivity index (χ3n) is 3.12. The Hall–Kier alpha value is -1.23. The van der Waals surface area contributed by atoms with Gasteiger partial charge in [0.1, 0.15) is 11.6 Å². The van der Waals surface area contributed by atoms with Crippen molar-refractivity contribution in [2.45, 2.75) is 23.2 Å². The molecule has 1 aliphatic rings. The standard InChI is InChI=1S/C12H13FO3S/c1-16-10-8(12(3-4-12)11(14)15)5-7(13)6-9(10)17-2/h5-6H,3-4H2,1-2H3,(H,14,15). The molecule has 5 heteroatoms. The quantitative estimate of drug-likeness (QED) is 0.841. The molecular weight excluding hydrogens is 243 g/mol. The van der Waals surface area contributed by atoms with E-state index in [4.69, 9.17) is 4.74 Å². The van der Waals surface area contributed by atoms with Gasteiger partial charge in [-0.3, -0.25) is 4.79 Å². The Morgan fingerprint density at radius 1 is 1.53 bits per heavy atom. The van der Waals surface area contributed by atoms with Crippen molar-refractivity contribution in [1.29, 1.82) is 0 Å². The molecule has 0 unspecified atom stereocenters. The van der Waals surface area contributed by atoms with Gasteiger partial charge in [0.25, 0.3) is 0 Å². The minimum absolute atomic E-state index is 0.419. The number of thioether (sulfide) groups is 1. The van der Waals surface area contributed by atoms with Gasteiger partial charge in [0.2, 0.25) is 0 Å². The van der Waals surface area contributed by atoms with Gasteiger partial charge in [-0.25, -0.2) is 4.39 Å². The lowest BCUT2D eigenvalue weighted by Crippen LogP contribution is -2.20. The van der Waals surface area contributed by atoms with Crippen molar-refractivity contribution in [3.05, 3.63) is 23.5 Å². The van der Waals surface area contributed by atoms with Gasteiger partial charge in [0.05, 0.1) is 17.4 Å². The van der Waals surface area contributed by atoms with Crippen LogP contribution in [0.2, 0.25) is 0 Å². The molecule has 0 spiro atoms. The van der Waals surface area contributed by atoms with Crippen molar-refractivity contribution in [1.82, 2.24) is 0 Å². The van der Waals surface area contributed by atoms with Crippen LogP contribution in [0.1, 0.15) is 18.4 Å². The van der Waals surface area contributed by atoms with E-state index in [1.807, 2.05) is 0 Å². The summed E-state index contributed by atoms with van der Waals surface area (Å²) in [6, 6.07) is 2.64. The number of carboxylic acids is 1. The lowest BCUT2D eigenvalue weighted by atomic mass is 9.95. The van der Waals surface area contributed by atoms with Crippen molar-refractivity contribution in [2.75, 3.05) is 13.4 Å². The zero-order valence-electron chi connectivity index (χ0n) is 9.62. The maximum atomic E-state index is 13.5. The Kier molecular flexibility index (Phi) is 3.03. The highest BCUT2D eigenvalue weighted by Crippen LogP contribution is 2.53. The Bertz CT molecular complexity index is 469. The smallest absolute Gasteiger partial charge is 0.314 e. The number of ether oxygens (including phenoxy) is 1. The molecule has 17 heavy (non-hydrogen) atoms. The molecule has 0 amide bonds. The molecule has 1 fully saturated rings. The van der Waals surface area contributed by atoms with Crippen molar-refractivity contribution in [3.63, 3.8) is 0 Å². The molecule has 1 N–H and O–H groups in total. The number of benzene rings is 1. The number of carbonyl (C=O) groups is 1. The summed E-state index contributed by atoms with van der Waals surface area (Å²) in [5.41, 5.74) is -0.491. The van der Waals surface area contributed by atoms with E-state index < -0.39 is 17.2 Å². The van der Waals surface area contributed by atoms with Gasteiger partial charge in [-0.2, -0.15) is 0 Å². The second-order valence-electron chi connectivity index (χ2n) is 4.08. The van der Waals surface area contributed by atoms with Crippen LogP contribution in [0.5, 0.6) is 5.75 Å². The number of hydrogen-bond donors (Lipinski definition) is 1. The van der Waals surface area contributed by atoms with Gasteiger partial charge in [0.15, 0.2) is 0 Å². The summed E-state index contributed by atoms with van der Waals surface area (Å²) < 4.78 is 18.7. The summed E-state index contributed by atoms with van der Waals surface area (Å²) in [5.74, 6) is -0.843. The highest BCUT2D eigenvalue weighted by molar-refractivity contribution is 7.98. The van der Waals surface area contributed by atoms with Gasteiger partial charge in [-0.05, 0) is 31.2 Å². The normalized spacial score (nSPS) is 16.6. The van der Waals surface area contributed by atoms with Crippen LogP contribution in [-0.4, -0.2) is 24.4 Å². The third kappa shape index (κ3) is 1.88. The minimum atomic E-state index is -0.947. The van der Waals surface area contributed by atoms with Crippen molar-refractivity contribution >= 4 is 17.7 Å². The molecule has 1 aliphatic carbocycles. The fraction of sp³-hybridized carbons (Fsp3) is 0.417. The summed E-state index contributed by atoms with van der Waals surface area (Å²) >= 11 is 1.35. The molecule has 1 saturated carbocycles. The maximum Gasteiger partial charge on any atom is 0.314 e. The second kappa shape index (κ2) is 4.22. The van der Waals surface area contributed by atoms with Crippen LogP contribution in [0.25, 0.3) is 0 Å². The lowest BCUT2D eigenvalue weighted by molar-refractivity contribution is -0.140. The van der Waals surface area contributed by atoms with Crippen LogP contribution >= 0.6 is 11.8 Å². The number of hydrogen-bond acceptors (Lipinski definition) is 3. The Morgan fingerprint density at radius 3 is 2.59 bits per heavy atom. The molecule has 1 aromatic rings. The predicted molar refractivity (Wildman–Crippen MR) is 63.3 cm³/mol. The molecule has 0 atom stereocenters. The average Bonchev–Trinajstić information content (AvgIpc) is 3.08. The number of rotatable bonds is 4. The van der Waals surface area contributed by atoms with Crippen LogP contribution < -0.4 is 4.74 Å². The monoisotopic (exact) mass is 256 g/mol. The molecule has 0 aromatic heterocycles. The average molecular weight is 256 g/mol. The van der Waals surface area contributed by atoms with Gasteiger partial charge < -0.3 is 9.84 Å². The van der Waals surface area contributed by atoms with Gasteiger partial charge in [-0.1, -0.05) is 0 Å². The number of aliphatic carboxylic acids is 1. The van der Waals surface area contributed by atoms with Crippen molar-refractivity contribution < 1.29 is 19.0 Å². The summed E-state index contributed by atoms with van der Waals surface area (Å²) in [5, 5.41) is 9.25. The lowest BCUT2D eigenvalue weighted by Gasteiger charge is -2.17. The Morgan fingerprint density at radius 2 is 2.18 bits per heavy atom. The predicted octanol–water partition coefficient (Wildman–Crippen LogP) is 2.67. The van der Waals surface area contributed by atoms with E-state index in [0.29, 0.717) is 29.1 Å². The third-order valence-corrected chi connectivity index (χ3v) is 3.86. The molecule has 0 saturated heterocycles. The van der Waals surface area contributed by atoms with E-state index in [9.17, 15) is 14.3 Å². The van der Waals surface area contributed by atoms with Crippen molar-refractivity contribution in [3.8, 4) is 5.75 Å². The molecule has 3 nitrogen and oxygen atoms in total. The summed E-state index contributed by atoms with van der Waals surface area (Å²) in [6.07, 6.45) is 2.88. The highest BCUT2D eigenvalue weighted by Gasteiger charge is 2.53. The van der Waals surface area contributed by atoms with Gasteiger partial charge in [0, 0.05) is 5.56 Å². The molecule has 0 radical (unpaired) electrons. The summed E-state index contributed by atoms with van der Waals surface area (Å²) in [4.78, 5) is 11.9. The zero-order chi connectivity index (χ0) is 12.6. The van der Waals surface area contributed by atoms with Crippen LogP contribution in [-0.2, 0) is 10.2 Å². The minimum Gasteiger partial charge on any atom is -0.495 e. The van der Waals surface area contributed by atoms with Crippen LogP contribution in [0.3, 0.4) is 0 Å². The second-order valence-corrected chi connectivity index (χ2v) is 4.92. The van der Waals surface area contributed by atoms with E-state index in [-0.39, 0.29) is 0 Å². The molecule has 0 aliphatic heterocycles. The first kappa shape index (κ1) is 12.2. The fourth-order valence-corrected chi connectivity index (χ4v) is 2.62. The van der Waals surface area contributed by atoms with E-state index >= 15 is 0 Å². The van der Waals surface area contributed by atoms with E-state index in [1.165, 1.54) is 31.0 Å². The Labute approximate surface area is 103 Å². The van der Waals surface area contributed by atoms with Crippen LogP contribution in [0.15, 0.2) is 17.0 Å². The molecular formula is C12H13FO3S. The first-order valence-electron chi connectivity index (χ1n) is 5.20. The molecule has 0 bridgehead atoms. The van der Waals surface area contributed by atoms with E-state index in [0.717, 1.165) is 0 Å². The largest absolute Gasteiger partial charge is 0.495 e. The SMILES string of the molecule is COc1c(SC)cc(F)cc1C1(C(=O)O)CC1. The number of halogens is 1. The Balaban J connectivity index is 2.60. The van der Waals surface area contributed by atoms with E-state index in [1.54, 1.807) is 6.26 Å².